The normalized spacial score (nSPS) is 20.0. The molecule has 1 saturated heterocycles. The zero-order valence-corrected chi connectivity index (χ0v) is 15.4. The maximum absolute atomic E-state index is 12.4. The van der Waals surface area contributed by atoms with E-state index in [9.17, 15) is 14.4 Å². The summed E-state index contributed by atoms with van der Waals surface area (Å²) in [5, 5.41) is 2.96. The van der Waals surface area contributed by atoms with E-state index in [-0.39, 0.29) is 23.6 Å². The smallest absolute Gasteiger partial charge is 0.251 e. The molecule has 1 N–H and O–H groups in total. The molecule has 0 bridgehead atoms. The Morgan fingerprint density at radius 1 is 0.889 bits per heavy atom. The molecule has 1 aliphatic heterocycles. The fraction of sp³-hybridized carbons (Fsp3) is 0.476. The van der Waals surface area contributed by atoms with E-state index in [1.165, 1.54) is 0 Å². The molecule has 0 radical (unpaired) electrons. The fourth-order valence-electron chi connectivity index (χ4n) is 3.25. The third kappa shape index (κ3) is 4.56. The Bertz CT molecular complexity index is 755. The van der Waals surface area contributed by atoms with Crippen molar-refractivity contribution in [1.82, 2.24) is 15.1 Å². The van der Waals surface area contributed by atoms with Crippen molar-refractivity contribution in [2.45, 2.75) is 31.7 Å². The third-order valence-electron chi connectivity index (χ3n) is 5.33. The van der Waals surface area contributed by atoms with Gasteiger partial charge in [0.1, 0.15) is 0 Å². The molecule has 1 heterocycles. The highest BCUT2D eigenvalue weighted by molar-refractivity contribution is 5.95. The lowest BCUT2D eigenvalue weighted by Gasteiger charge is -2.34. The Kier molecular flexibility index (Phi) is 4.97. The number of hydrogen-bond acceptors (Lipinski definition) is 3. The molecule has 6 nitrogen and oxygen atoms in total. The topological polar surface area (TPSA) is 69.7 Å². The molecule has 3 aliphatic rings. The van der Waals surface area contributed by atoms with Crippen molar-refractivity contribution in [3.63, 3.8) is 0 Å². The monoisotopic (exact) mass is 367 g/mol. The van der Waals surface area contributed by atoms with Crippen LogP contribution in [0.25, 0.3) is 6.08 Å². The van der Waals surface area contributed by atoms with Crippen molar-refractivity contribution in [3.05, 3.63) is 41.5 Å². The quantitative estimate of drug-likeness (QED) is 0.805. The maximum Gasteiger partial charge on any atom is 0.251 e. The van der Waals surface area contributed by atoms with E-state index in [0.29, 0.717) is 37.8 Å². The summed E-state index contributed by atoms with van der Waals surface area (Å²) in [4.78, 5) is 40.1. The highest BCUT2D eigenvalue weighted by Crippen LogP contribution is 2.31. The molecule has 6 heteroatoms. The van der Waals surface area contributed by atoms with E-state index in [4.69, 9.17) is 0 Å². The summed E-state index contributed by atoms with van der Waals surface area (Å²) in [6.07, 6.45) is 7.50. The second kappa shape index (κ2) is 7.55. The predicted octanol–water partition coefficient (Wildman–Crippen LogP) is 1.67. The van der Waals surface area contributed by atoms with Gasteiger partial charge in [0.2, 0.25) is 11.8 Å². The number of piperazine rings is 1. The van der Waals surface area contributed by atoms with E-state index < -0.39 is 0 Å². The minimum Gasteiger partial charge on any atom is -0.349 e. The van der Waals surface area contributed by atoms with E-state index in [2.05, 4.69) is 5.32 Å². The van der Waals surface area contributed by atoms with Gasteiger partial charge in [0.05, 0.1) is 0 Å². The molecule has 3 fully saturated rings. The van der Waals surface area contributed by atoms with Crippen LogP contribution in [0.1, 0.15) is 41.6 Å². The maximum atomic E-state index is 12.4. The molecule has 3 amide bonds. The van der Waals surface area contributed by atoms with Crippen molar-refractivity contribution in [2.24, 2.45) is 5.92 Å². The average Bonchev–Trinajstić information content (AvgIpc) is 3.60. The molecule has 0 spiro atoms. The Labute approximate surface area is 159 Å². The second-order valence-electron chi connectivity index (χ2n) is 7.63. The van der Waals surface area contributed by atoms with E-state index in [1.807, 2.05) is 17.0 Å². The van der Waals surface area contributed by atoms with Gasteiger partial charge < -0.3 is 15.1 Å². The first-order valence-electron chi connectivity index (χ1n) is 9.77. The first-order chi connectivity index (χ1) is 13.1. The first kappa shape index (κ1) is 17.8. The van der Waals surface area contributed by atoms with Gasteiger partial charge in [0.15, 0.2) is 0 Å². The van der Waals surface area contributed by atoms with Gasteiger partial charge >= 0.3 is 0 Å². The minimum absolute atomic E-state index is 0.0379. The van der Waals surface area contributed by atoms with Gasteiger partial charge in [-0.15, -0.1) is 0 Å². The predicted molar refractivity (Wildman–Crippen MR) is 102 cm³/mol. The van der Waals surface area contributed by atoms with Crippen LogP contribution in [-0.4, -0.2) is 59.7 Å². The zero-order valence-electron chi connectivity index (χ0n) is 15.4. The summed E-state index contributed by atoms with van der Waals surface area (Å²) >= 11 is 0. The number of hydrogen-bond donors (Lipinski definition) is 1. The van der Waals surface area contributed by atoms with Crippen LogP contribution in [0.3, 0.4) is 0 Å². The summed E-state index contributed by atoms with van der Waals surface area (Å²) in [6.45, 7) is 2.42. The van der Waals surface area contributed by atoms with Gasteiger partial charge in [-0.3, -0.25) is 14.4 Å². The molecule has 27 heavy (non-hydrogen) atoms. The van der Waals surface area contributed by atoms with Gasteiger partial charge in [-0.05, 0) is 49.5 Å². The fourth-order valence-corrected chi connectivity index (χ4v) is 3.25. The van der Waals surface area contributed by atoms with Gasteiger partial charge in [0, 0.05) is 49.8 Å². The summed E-state index contributed by atoms with van der Waals surface area (Å²) in [5.41, 5.74) is 1.52. The molecule has 142 valence electrons. The summed E-state index contributed by atoms with van der Waals surface area (Å²) in [6, 6.07) is 7.60. The largest absolute Gasteiger partial charge is 0.349 e. The highest BCUT2D eigenvalue weighted by atomic mass is 16.2. The van der Waals surface area contributed by atoms with Gasteiger partial charge in [-0.25, -0.2) is 0 Å². The number of rotatable bonds is 5. The molecule has 2 aliphatic carbocycles. The highest BCUT2D eigenvalue weighted by Gasteiger charge is 2.34. The molecule has 1 aromatic carbocycles. The van der Waals surface area contributed by atoms with Crippen LogP contribution >= 0.6 is 0 Å². The lowest BCUT2D eigenvalue weighted by molar-refractivity contribution is -0.138. The third-order valence-corrected chi connectivity index (χ3v) is 5.33. The van der Waals surface area contributed by atoms with Crippen LogP contribution in [0, 0.1) is 5.92 Å². The Morgan fingerprint density at radius 3 is 2.11 bits per heavy atom. The average molecular weight is 367 g/mol. The molecule has 0 atom stereocenters. The van der Waals surface area contributed by atoms with Crippen LogP contribution < -0.4 is 5.32 Å². The van der Waals surface area contributed by atoms with Crippen molar-refractivity contribution in [1.29, 1.82) is 0 Å². The van der Waals surface area contributed by atoms with Crippen LogP contribution in [0.2, 0.25) is 0 Å². The molecule has 1 aromatic rings. The lowest BCUT2D eigenvalue weighted by Crippen LogP contribution is -2.50. The minimum atomic E-state index is -0.0391. The molecular formula is C21H25N3O3. The number of carbonyl (C=O) groups is 3. The van der Waals surface area contributed by atoms with Gasteiger partial charge in [-0.2, -0.15) is 0 Å². The molecule has 0 unspecified atom stereocenters. The number of nitrogens with one attached hydrogen (secondary N) is 1. The molecule has 4 rings (SSSR count). The van der Waals surface area contributed by atoms with Crippen molar-refractivity contribution in [3.8, 4) is 0 Å². The first-order valence-corrected chi connectivity index (χ1v) is 9.77. The number of amides is 3. The standard InChI is InChI=1S/C21H25N3O3/c25-19(23-11-13-24(14-12-23)21(27)17-6-7-17)10-3-15-1-4-16(5-2-15)20(26)22-18-8-9-18/h1-5,10,17-18H,6-9,11-14H2,(H,22,26)/b10-3+. The number of carbonyl (C=O) groups excluding carboxylic acids is 3. The second-order valence-corrected chi connectivity index (χ2v) is 7.63. The Morgan fingerprint density at radius 2 is 1.52 bits per heavy atom. The van der Waals surface area contributed by atoms with Crippen molar-refractivity contribution >= 4 is 23.8 Å². The SMILES string of the molecule is O=C(NC1CC1)c1ccc(/C=C/C(=O)N2CCN(C(=O)C3CC3)CC2)cc1. The van der Waals surface area contributed by atoms with Crippen LogP contribution in [0.4, 0.5) is 0 Å². The summed E-state index contributed by atoms with van der Waals surface area (Å²) < 4.78 is 0. The van der Waals surface area contributed by atoms with Crippen LogP contribution in [0.5, 0.6) is 0 Å². The van der Waals surface area contributed by atoms with Crippen molar-refractivity contribution < 1.29 is 14.4 Å². The molecule has 2 saturated carbocycles. The Balaban J connectivity index is 1.26. The van der Waals surface area contributed by atoms with Crippen LogP contribution in [-0.2, 0) is 9.59 Å². The lowest BCUT2D eigenvalue weighted by atomic mass is 10.1. The van der Waals surface area contributed by atoms with E-state index in [0.717, 1.165) is 31.2 Å². The van der Waals surface area contributed by atoms with Crippen molar-refractivity contribution in [2.75, 3.05) is 26.2 Å². The van der Waals surface area contributed by atoms with Gasteiger partial charge in [-0.1, -0.05) is 12.1 Å². The summed E-state index contributed by atoms with van der Waals surface area (Å²) in [7, 11) is 0. The Hall–Kier alpha value is -2.63. The molecular weight excluding hydrogens is 342 g/mol. The zero-order chi connectivity index (χ0) is 18.8. The van der Waals surface area contributed by atoms with Crippen LogP contribution in [0.15, 0.2) is 30.3 Å². The van der Waals surface area contributed by atoms with E-state index in [1.54, 1.807) is 29.2 Å². The number of nitrogens with zero attached hydrogens (tertiary/aromatic N) is 2. The van der Waals surface area contributed by atoms with E-state index >= 15 is 0 Å². The number of benzene rings is 1. The summed E-state index contributed by atoms with van der Waals surface area (Å²) in [5.74, 6) is 0.414. The van der Waals surface area contributed by atoms with Gasteiger partial charge in [0.25, 0.3) is 5.91 Å². The molecule has 0 aromatic heterocycles.